The van der Waals surface area contributed by atoms with Gasteiger partial charge in [0, 0.05) is 18.8 Å². The number of aromatic nitrogens is 1. The van der Waals surface area contributed by atoms with Gasteiger partial charge in [-0.1, -0.05) is 13.8 Å². The van der Waals surface area contributed by atoms with Crippen LogP contribution in [0.2, 0.25) is 0 Å². The molecule has 0 aliphatic carbocycles. The molecular formula is C11H14N2O. The Morgan fingerprint density at radius 3 is 2.43 bits per heavy atom. The maximum atomic E-state index is 11.8. The molecule has 0 aliphatic heterocycles. The van der Waals surface area contributed by atoms with Crippen molar-refractivity contribution in [1.29, 1.82) is 5.26 Å². The molecule has 0 aliphatic rings. The molecule has 1 rings (SSSR count). The summed E-state index contributed by atoms with van der Waals surface area (Å²) < 4.78 is 1.54. The quantitative estimate of drug-likeness (QED) is 0.734. The number of nitriles is 1. The fraction of sp³-hybridized carbons (Fsp3) is 0.455. The first-order chi connectivity index (χ1) is 6.66. The average molecular weight is 190 g/mol. The Kier molecular flexibility index (Phi) is 3.47. The summed E-state index contributed by atoms with van der Waals surface area (Å²) >= 11 is 0. The molecular weight excluding hydrogens is 176 g/mol. The molecule has 0 bridgehead atoms. The molecule has 0 fully saturated rings. The van der Waals surface area contributed by atoms with Crippen LogP contribution in [-0.2, 0) is 0 Å². The number of carbonyl (C=O) groups is 1. The van der Waals surface area contributed by atoms with Crippen molar-refractivity contribution in [3.8, 4) is 6.07 Å². The summed E-state index contributed by atoms with van der Waals surface area (Å²) in [5.41, 5.74) is 0. The van der Waals surface area contributed by atoms with E-state index in [2.05, 4.69) is 6.07 Å². The monoisotopic (exact) mass is 190 g/mol. The van der Waals surface area contributed by atoms with Gasteiger partial charge in [0.1, 0.15) is 0 Å². The largest absolute Gasteiger partial charge is 0.294 e. The lowest BCUT2D eigenvalue weighted by atomic mass is 9.92. The van der Waals surface area contributed by atoms with Crippen LogP contribution in [0.5, 0.6) is 0 Å². The zero-order valence-electron chi connectivity index (χ0n) is 8.47. The molecule has 0 spiro atoms. The Balaban J connectivity index is 2.80. The van der Waals surface area contributed by atoms with E-state index in [0.717, 1.165) is 0 Å². The predicted octanol–water partition coefficient (Wildman–Crippen LogP) is 2.31. The minimum Gasteiger partial charge on any atom is -0.294 e. The van der Waals surface area contributed by atoms with Gasteiger partial charge in [-0.05, 0) is 18.1 Å². The zero-order chi connectivity index (χ0) is 10.6. The smallest absolute Gasteiger partial charge is 0.234 e. The Labute approximate surface area is 84.0 Å². The second-order valence-electron chi connectivity index (χ2n) is 3.64. The highest BCUT2D eigenvalue weighted by Gasteiger charge is 2.22. The van der Waals surface area contributed by atoms with Gasteiger partial charge in [-0.2, -0.15) is 5.26 Å². The van der Waals surface area contributed by atoms with Crippen molar-refractivity contribution in [3.63, 3.8) is 0 Å². The first-order valence-corrected chi connectivity index (χ1v) is 4.71. The second-order valence-corrected chi connectivity index (χ2v) is 3.64. The van der Waals surface area contributed by atoms with Gasteiger partial charge in [0.15, 0.2) is 0 Å². The molecule has 3 nitrogen and oxygen atoms in total. The molecule has 3 heteroatoms. The highest BCUT2D eigenvalue weighted by molar-refractivity contribution is 5.81. The van der Waals surface area contributed by atoms with E-state index in [0.29, 0.717) is 0 Å². The van der Waals surface area contributed by atoms with E-state index in [1.165, 1.54) is 0 Å². The van der Waals surface area contributed by atoms with Crippen molar-refractivity contribution in [2.24, 2.45) is 11.8 Å². The van der Waals surface area contributed by atoms with E-state index in [1.54, 1.807) is 17.0 Å². The number of nitrogens with zero attached hydrogens (tertiary/aromatic N) is 2. The number of carbonyl (C=O) groups excluding carboxylic acids is 1. The Bertz CT molecular complexity index is 333. The van der Waals surface area contributed by atoms with Crippen LogP contribution in [-0.4, -0.2) is 10.5 Å². The highest BCUT2D eigenvalue weighted by Crippen LogP contribution is 2.17. The topological polar surface area (TPSA) is 45.8 Å². The molecule has 1 atom stereocenters. The summed E-state index contributed by atoms with van der Waals surface area (Å²) in [6.07, 6.45) is 3.72. The van der Waals surface area contributed by atoms with Gasteiger partial charge in [0.25, 0.3) is 0 Å². The molecule has 0 saturated carbocycles. The standard InChI is InChI=1S/C11H14N2O/c1-9(2)10(5-6-12)11(14)13-7-3-4-8-13/h3-4,7-10H,5H2,1-2H3/t10-/m1/s1. The van der Waals surface area contributed by atoms with Crippen molar-refractivity contribution in [2.75, 3.05) is 0 Å². The predicted molar refractivity (Wildman–Crippen MR) is 53.6 cm³/mol. The minimum atomic E-state index is -0.201. The van der Waals surface area contributed by atoms with Crippen molar-refractivity contribution >= 4 is 5.91 Å². The van der Waals surface area contributed by atoms with Gasteiger partial charge in [-0.25, -0.2) is 0 Å². The minimum absolute atomic E-state index is 0.00606. The van der Waals surface area contributed by atoms with Crippen molar-refractivity contribution in [2.45, 2.75) is 20.3 Å². The summed E-state index contributed by atoms with van der Waals surface area (Å²) in [6.45, 7) is 3.92. The van der Waals surface area contributed by atoms with Crippen LogP contribution in [0.15, 0.2) is 24.5 Å². The molecule has 0 N–H and O–H groups in total. The van der Waals surface area contributed by atoms with Crippen LogP contribution in [0.1, 0.15) is 25.1 Å². The molecule has 0 radical (unpaired) electrons. The van der Waals surface area contributed by atoms with Crippen LogP contribution < -0.4 is 0 Å². The molecule has 1 aromatic heterocycles. The lowest BCUT2D eigenvalue weighted by Crippen LogP contribution is -2.24. The van der Waals surface area contributed by atoms with Crippen LogP contribution in [0.25, 0.3) is 0 Å². The lowest BCUT2D eigenvalue weighted by Gasteiger charge is -2.16. The third-order valence-corrected chi connectivity index (χ3v) is 2.29. The molecule has 74 valence electrons. The maximum Gasteiger partial charge on any atom is 0.234 e. The third kappa shape index (κ3) is 2.23. The van der Waals surface area contributed by atoms with Crippen LogP contribution >= 0.6 is 0 Å². The fourth-order valence-electron chi connectivity index (χ4n) is 1.38. The van der Waals surface area contributed by atoms with Gasteiger partial charge in [-0.3, -0.25) is 9.36 Å². The summed E-state index contributed by atoms with van der Waals surface area (Å²) in [5, 5.41) is 8.62. The molecule has 1 heterocycles. The fourth-order valence-corrected chi connectivity index (χ4v) is 1.38. The summed E-state index contributed by atoms with van der Waals surface area (Å²) in [7, 11) is 0. The van der Waals surface area contributed by atoms with Gasteiger partial charge >= 0.3 is 0 Å². The Hall–Kier alpha value is -1.56. The van der Waals surface area contributed by atoms with Crippen molar-refractivity contribution in [3.05, 3.63) is 24.5 Å². The van der Waals surface area contributed by atoms with Crippen LogP contribution in [0.3, 0.4) is 0 Å². The Morgan fingerprint density at radius 1 is 1.43 bits per heavy atom. The SMILES string of the molecule is CC(C)[C@@H](CC#N)C(=O)n1cccc1. The van der Waals surface area contributed by atoms with Crippen molar-refractivity contribution in [1.82, 2.24) is 4.57 Å². The zero-order valence-corrected chi connectivity index (χ0v) is 8.47. The first-order valence-electron chi connectivity index (χ1n) is 4.71. The second kappa shape index (κ2) is 4.61. The lowest BCUT2D eigenvalue weighted by molar-refractivity contribution is 0.0800. The van der Waals surface area contributed by atoms with E-state index < -0.39 is 0 Å². The van der Waals surface area contributed by atoms with E-state index in [1.807, 2.05) is 26.0 Å². The summed E-state index contributed by atoms with van der Waals surface area (Å²) in [5.74, 6) is 0.00324. The molecule has 0 amide bonds. The van der Waals surface area contributed by atoms with E-state index in [-0.39, 0.29) is 24.2 Å². The number of hydrogen-bond acceptors (Lipinski definition) is 2. The Morgan fingerprint density at radius 2 is 2.00 bits per heavy atom. The first kappa shape index (κ1) is 10.5. The normalized spacial score (nSPS) is 12.4. The number of hydrogen-bond donors (Lipinski definition) is 0. The average Bonchev–Trinajstić information content (AvgIpc) is 2.65. The molecule has 1 aromatic rings. The highest BCUT2D eigenvalue weighted by atomic mass is 16.2. The molecule has 0 aromatic carbocycles. The van der Waals surface area contributed by atoms with Gasteiger partial charge in [-0.15, -0.1) is 0 Å². The van der Waals surface area contributed by atoms with E-state index >= 15 is 0 Å². The van der Waals surface area contributed by atoms with Gasteiger partial charge in [0.2, 0.25) is 5.91 Å². The van der Waals surface area contributed by atoms with Crippen molar-refractivity contribution < 1.29 is 4.79 Å². The van der Waals surface area contributed by atoms with Crippen LogP contribution in [0, 0.1) is 23.2 Å². The summed E-state index contributed by atoms with van der Waals surface area (Å²) in [4.78, 5) is 11.8. The van der Waals surface area contributed by atoms with E-state index in [4.69, 9.17) is 5.26 Å². The third-order valence-electron chi connectivity index (χ3n) is 2.29. The molecule has 0 unspecified atom stereocenters. The van der Waals surface area contributed by atoms with E-state index in [9.17, 15) is 4.79 Å². The molecule has 14 heavy (non-hydrogen) atoms. The van der Waals surface area contributed by atoms with Crippen LogP contribution in [0.4, 0.5) is 0 Å². The summed E-state index contributed by atoms with van der Waals surface area (Å²) in [6, 6.07) is 5.67. The maximum absolute atomic E-state index is 11.8. The molecule has 0 saturated heterocycles. The van der Waals surface area contributed by atoms with Gasteiger partial charge < -0.3 is 0 Å². The van der Waals surface area contributed by atoms with Gasteiger partial charge in [0.05, 0.1) is 12.0 Å². The number of rotatable bonds is 3.